The van der Waals surface area contributed by atoms with Crippen molar-refractivity contribution in [3.8, 4) is 0 Å². The molecule has 16 N–H and O–H groups in total. The molecule has 3 rings (SSSR count). The van der Waals surface area contributed by atoms with Crippen LogP contribution < -0.4 is 37.2 Å². The predicted octanol–water partition coefficient (Wildman–Crippen LogP) is -7.55. The number of aliphatic hydroxyl groups excluding tert-OH is 9. The van der Waals surface area contributed by atoms with Crippen LogP contribution in [0.25, 0.3) is 0 Å². The molecular weight excluding hydrogens is 1070 g/mol. The van der Waals surface area contributed by atoms with Gasteiger partial charge in [-0.3, -0.25) is 38.4 Å². The highest BCUT2D eigenvalue weighted by atomic mass is 16.7. The molecule has 80 heavy (non-hydrogen) atoms. The largest absolute Gasteiger partial charge is 0.394 e. The van der Waals surface area contributed by atoms with Crippen molar-refractivity contribution in [3.05, 3.63) is 0 Å². The van der Waals surface area contributed by atoms with Crippen molar-refractivity contribution in [2.24, 2.45) is 0 Å². The van der Waals surface area contributed by atoms with E-state index in [0.29, 0.717) is 25.7 Å². The standard InChI is InChI=1S/C49H86N8O23/c1-26(61)53-37-43(71)40(68)30(23-58)78-47(37)75-20-8-5-11-33(64)51-16-18-57(19-17-52-34(65)12-6-9-21-76-48-38(54-27(2)62)44(72)41(69)31(24-59)79-48)36(67)15-14-29(46(74)50-4)56-35(66)13-7-10-22-77-49-39(55-28(3)63)45(73)42(70)32(25-60)80-49/h29-32,37-45,47-49,58-60,68-73H,5-25H2,1-4H3,(H,50,74)(H,51,64)(H,52,65)(H,53,61)(H,54,62)(H,55,63)(H,56,66)/t29-,30?,31?,32?,37?,38?,39?,40?,41?,42?,43?,44?,45?,47?,48?,49?/m0/s1. The highest BCUT2D eigenvalue weighted by molar-refractivity contribution is 5.88. The Morgan fingerprint density at radius 3 is 1.14 bits per heavy atom. The molecule has 0 aromatic carbocycles. The Kier molecular flexibility index (Phi) is 31.8. The fourth-order valence-corrected chi connectivity index (χ4v) is 8.93. The fraction of sp³-hybridized carbons (Fsp3) is 0.837. The summed E-state index contributed by atoms with van der Waals surface area (Å²) >= 11 is 0. The summed E-state index contributed by atoms with van der Waals surface area (Å²) in [6.07, 6.45) is -14.6. The number of rotatable bonds is 35. The molecule has 31 nitrogen and oxygen atoms in total. The van der Waals surface area contributed by atoms with Gasteiger partial charge in [0.15, 0.2) is 18.9 Å². The third kappa shape index (κ3) is 23.2. The minimum Gasteiger partial charge on any atom is -0.394 e. The number of nitrogens with zero attached hydrogens (tertiary/aromatic N) is 1. The minimum absolute atomic E-state index is 0.0144. The Morgan fingerprint density at radius 2 is 0.825 bits per heavy atom. The van der Waals surface area contributed by atoms with E-state index in [9.17, 15) is 84.3 Å². The van der Waals surface area contributed by atoms with Crippen LogP contribution in [-0.4, -0.2) is 269 Å². The van der Waals surface area contributed by atoms with Gasteiger partial charge in [-0.15, -0.1) is 0 Å². The molecule has 31 heteroatoms. The molecule has 3 saturated heterocycles. The summed E-state index contributed by atoms with van der Waals surface area (Å²) in [5.41, 5.74) is 0. The molecule has 0 saturated carbocycles. The van der Waals surface area contributed by atoms with Gasteiger partial charge in [0.1, 0.15) is 79.1 Å². The van der Waals surface area contributed by atoms with Crippen LogP contribution >= 0.6 is 0 Å². The molecule has 3 aliphatic heterocycles. The van der Waals surface area contributed by atoms with E-state index in [1.807, 2.05) is 0 Å². The Morgan fingerprint density at radius 1 is 0.487 bits per heavy atom. The van der Waals surface area contributed by atoms with Crippen molar-refractivity contribution < 1.29 is 113 Å². The van der Waals surface area contributed by atoms with Gasteiger partial charge in [-0.25, -0.2) is 0 Å². The van der Waals surface area contributed by atoms with Crippen molar-refractivity contribution in [1.82, 2.24) is 42.1 Å². The average molecular weight is 1160 g/mol. The van der Waals surface area contributed by atoms with Gasteiger partial charge in [-0.1, -0.05) is 0 Å². The Bertz CT molecular complexity index is 1870. The van der Waals surface area contributed by atoms with Gasteiger partial charge in [0, 0.05) is 99.5 Å². The van der Waals surface area contributed by atoms with Gasteiger partial charge < -0.3 is 116 Å². The lowest BCUT2D eigenvalue weighted by Gasteiger charge is -2.42. The van der Waals surface area contributed by atoms with Gasteiger partial charge >= 0.3 is 0 Å². The van der Waals surface area contributed by atoms with E-state index in [1.165, 1.54) is 32.7 Å². The monoisotopic (exact) mass is 1150 g/mol. The maximum atomic E-state index is 13.8. The molecule has 0 radical (unpaired) electrons. The third-order valence-corrected chi connectivity index (χ3v) is 13.3. The van der Waals surface area contributed by atoms with Crippen LogP contribution in [0.4, 0.5) is 0 Å². The third-order valence-electron chi connectivity index (χ3n) is 13.3. The number of hydrogen-bond acceptors (Lipinski definition) is 23. The number of aliphatic hydroxyl groups is 9. The van der Waals surface area contributed by atoms with Crippen LogP contribution in [0.15, 0.2) is 0 Å². The van der Waals surface area contributed by atoms with Crippen molar-refractivity contribution in [1.29, 1.82) is 0 Å². The number of unbranched alkanes of at least 4 members (excludes halogenated alkanes) is 3. The number of carbonyl (C=O) groups excluding carboxylic acids is 8. The minimum atomic E-state index is -1.50. The molecule has 0 aliphatic carbocycles. The predicted molar refractivity (Wildman–Crippen MR) is 273 cm³/mol. The quantitative estimate of drug-likeness (QED) is 0.0262. The van der Waals surface area contributed by atoms with E-state index in [2.05, 4.69) is 37.2 Å². The van der Waals surface area contributed by atoms with Gasteiger partial charge in [0.25, 0.3) is 0 Å². The van der Waals surface area contributed by atoms with E-state index in [4.69, 9.17) is 28.4 Å². The van der Waals surface area contributed by atoms with E-state index in [-0.39, 0.29) is 103 Å². The summed E-state index contributed by atoms with van der Waals surface area (Å²) < 4.78 is 33.7. The Labute approximate surface area is 463 Å². The van der Waals surface area contributed by atoms with Crippen molar-refractivity contribution in [3.63, 3.8) is 0 Å². The fourth-order valence-electron chi connectivity index (χ4n) is 8.93. The summed E-state index contributed by atoms with van der Waals surface area (Å²) in [5.74, 6) is -3.88. The number of amides is 8. The topological polar surface area (TPSA) is 461 Å². The lowest BCUT2D eigenvalue weighted by Crippen LogP contribution is -2.64. The Hall–Kier alpha value is -4.84. The first-order chi connectivity index (χ1) is 38.1. The summed E-state index contributed by atoms with van der Waals surface area (Å²) in [4.78, 5) is 102. The van der Waals surface area contributed by atoms with Crippen molar-refractivity contribution in [2.45, 2.75) is 189 Å². The summed E-state index contributed by atoms with van der Waals surface area (Å²) in [6.45, 7) is 1.71. The Balaban J connectivity index is 1.54. The first-order valence-electron chi connectivity index (χ1n) is 26.9. The molecule has 460 valence electrons. The van der Waals surface area contributed by atoms with Crippen LogP contribution in [0, 0.1) is 0 Å². The van der Waals surface area contributed by atoms with Gasteiger partial charge in [-0.2, -0.15) is 0 Å². The van der Waals surface area contributed by atoms with Crippen molar-refractivity contribution >= 4 is 47.3 Å². The number of carbonyl (C=O) groups is 8. The molecule has 0 bridgehead atoms. The van der Waals surface area contributed by atoms with Gasteiger partial charge in [0.05, 0.1) is 19.8 Å². The molecule has 3 heterocycles. The van der Waals surface area contributed by atoms with E-state index in [1.54, 1.807) is 0 Å². The number of hydrogen-bond donors (Lipinski definition) is 16. The molecule has 0 aromatic heterocycles. The van der Waals surface area contributed by atoms with Gasteiger partial charge in [-0.05, 0) is 44.9 Å². The van der Waals surface area contributed by atoms with Crippen LogP contribution in [0.5, 0.6) is 0 Å². The molecular formula is C49H86N8O23. The van der Waals surface area contributed by atoms with E-state index < -0.39 is 153 Å². The van der Waals surface area contributed by atoms with Crippen LogP contribution in [-0.2, 0) is 66.8 Å². The first-order valence-corrected chi connectivity index (χ1v) is 26.9. The first kappa shape index (κ1) is 69.4. The molecule has 16 atom stereocenters. The molecule has 3 aliphatic rings. The zero-order chi connectivity index (χ0) is 59.5. The average Bonchev–Trinajstić information content (AvgIpc) is 3.45. The summed E-state index contributed by atoms with van der Waals surface area (Å²) in [5, 5.41) is 109. The normalized spacial score (nSPS) is 28.8. The maximum absolute atomic E-state index is 13.8. The maximum Gasteiger partial charge on any atom is 0.242 e. The second kappa shape index (κ2) is 36.6. The zero-order valence-corrected chi connectivity index (χ0v) is 45.8. The highest BCUT2D eigenvalue weighted by Gasteiger charge is 2.48. The highest BCUT2D eigenvalue weighted by Crippen LogP contribution is 2.25. The SMILES string of the molecule is CNC(=O)[C@H](CCC(=O)N(CCNC(=O)CCCCOC1OC(CO)C(O)C(O)C1NC(C)=O)CCNC(=O)CCCCOC1OC(CO)C(O)C(O)C1NC(C)=O)NC(=O)CCCCOC1OC(CO)C(O)C(O)C1NC(C)=O. The molecule has 15 unspecified atom stereocenters. The molecule has 3 fully saturated rings. The molecule has 0 aromatic rings. The second-order valence-corrected chi connectivity index (χ2v) is 19.6. The van der Waals surface area contributed by atoms with E-state index >= 15 is 0 Å². The molecule has 8 amide bonds. The van der Waals surface area contributed by atoms with Crippen LogP contribution in [0.2, 0.25) is 0 Å². The molecule has 0 spiro atoms. The lowest BCUT2D eigenvalue weighted by molar-refractivity contribution is -0.270. The number of likely N-dealkylation sites (N-methyl/N-ethyl adjacent to an activating group) is 1. The zero-order valence-electron chi connectivity index (χ0n) is 45.8. The number of ether oxygens (including phenoxy) is 6. The summed E-state index contributed by atoms with van der Waals surface area (Å²) in [7, 11) is 1.36. The lowest BCUT2D eigenvalue weighted by atomic mass is 9.97. The number of nitrogens with one attached hydrogen (secondary N) is 7. The smallest absolute Gasteiger partial charge is 0.242 e. The van der Waals surface area contributed by atoms with Crippen molar-refractivity contribution in [2.75, 3.05) is 72.9 Å². The van der Waals surface area contributed by atoms with Gasteiger partial charge in [0.2, 0.25) is 47.3 Å². The van der Waals surface area contributed by atoms with Crippen LogP contribution in [0.3, 0.4) is 0 Å². The van der Waals surface area contributed by atoms with E-state index in [0.717, 1.165) is 0 Å². The summed E-state index contributed by atoms with van der Waals surface area (Å²) in [6, 6.07) is -4.54. The van der Waals surface area contributed by atoms with Crippen LogP contribution in [0.1, 0.15) is 91.4 Å². The second-order valence-electron chi connectivity index (χ2n) is 19.6.